The van der Waals surface area contributed by atoms with Gasteiger partial charge in [-0.25, -0.2) is 39.9 Å². The highest BCUT2D eigenvalue weighted by Crippen LogP contribution is 2.34. The van der Waals surface area contributed by atoms with Gasteiger partial charge >= 0.3 is 0 Å². The van der Waals surface area contributed by atoms with Crippen LogP contribution in [0.4, 0.5) is 0 Å². The minimum absolute atomic E-state index is 0.0628. The fraction of sp³-hybridized carbons (Fsp3) is 0.505. The molecule has 0 atom stereocenters. The van der Waals surface area contributed by atoms with E-state index in [9.17, 15) is 0 Å². The molecule has 10 aromatic rings. The number of nitrogens with zero attached hydrogens (tertiary/aromatic N) is 8. The summed E-state index contributed by atoms with van der Waals surface area (Å²) in [5.74, 6) is 2.50. The van der Waals surface area contributed by atoms with Gasteiger partial charge in [0.25, 0.3) is 0 Å². The highest BCUT2D eigenvalue weighted by atomic mass is 79.9. The first-order chi connectivity index (χ1) is 55.8. The second kappa shape index (κ2) is 51.5. The van der Waals surface area contributed by atoms with Crippen LogP contribution in [0.3, 0.4) is 0 Å². The zero-order chi connectivity index (χ0) is 91.9. The first kappa shape index (κ1) is 111. The van der Waals surface area contributed by atoms with Crippen molar-refractivity contribution in [2.45, 2.75) is 336 Å². The molecule has 2 aromatic carbocycles. The van der Waals surface area contributed by atoms with Crippen molar-refractivity contribution < 1.29 is 0 Å². The number of hydrogen-bond donors (Lipinski definition) is 0. The maximum atomic E-state index is 4.56. The number of halogens is 8. The summed E-state index contributed by atoms with van der Waals surface area (Å²) in [5, 5.41) is 0. The zero-order valence-corrected chi connectivity index (χ0v) is 92.2. The smallest absolute Gasteiger partial charge is 0.107 e. The summed E-state index contributed by atoms with van der Waals surface area (Å²) in [5.41, 5.74) is 23.3. The molecule has 0 aliphatic carbocycles. The van der Waals surface area contributed by atoms with Crippen molar-refractivity contribution in [1.82, 2.24) is 39.9 Å². The predicted molar refractivity (Wildman–Crippen MR) is 553 cm³/mol. The molecular formula is C105H146Br8N8. The fourth-order valence-corrected chi connectivity index (χ4v) is 15.6. The van der Waals surface area contributed by atoms with E-state index in [1.165, 1.54) is 98.4 Å². The van der Waals surface area contributed by atoms with Gasteiger partial charge in [0.15, 0.2) is 0 Å². The van der Waals surface area contributed by atoms with Gasteiger partial charge in [0.05, 0.1) is 0 Å². The van der Waals surface area contributed by atoms with Crippen LogP contribution >= 0.6 is 127 Å². The molecule has 8 nitrogen and oxygen atoms in total. The average molecular weight is 2160 g/mol. The minimum Gasteiger partial charge on any atom is -0.246 e. The summed E-state index contributed by atoms with van der Waals surface area (Å²) < 4.78 is 7.52. The van der Waals surface area contributed by atoms with Crippen LogP contribution in [0.5, 0.6) is 0 Å². The number of aromatic nitrogens is 8. The Morgan fingerprint density at radius 3 is 0.950 bits per heavy atom. The van der Waals surface area contributed by atoms with Crippen molar-refractivity contribution in [3.05, 3.63) is 285 Å². The van der Waals surface area contributed by atoms with E-state index in [1.807, 2.05) is 12.1 Å². The average Bonchev–Trinajstić information content (AvgIpc) is 0.788. The van der Waals surface area contributed by atoms with Gasteiger partial charge in [0, 0.05) is 83.5 Å². The van der Waals surface area contributed by atoms with Gasteiger partial charge in [-0.05, 0) is 355 Å². The fourth-order valence-electron chi connectivity index (χ4n) is 11.7. The topological polar surface area (TPSA) is 103 Å². The van der Waals surface area contributed by atoms with E-state index in [-0.39, 0.29) is 37.9 Å². The van der Waals surface area contributed by atoms with Crippen molar-refractivity contribution in [2.75, 3.05) is 0 Å². The van der Waals surface area contributed by atoms with Gasteiger partial charge in [0.2, 0.25) is 0 Å². The van der Waals surface area contributed by atoms with E-state index in [1.54, 1.807) is 0 Å². The Morgan fingerprint density at radius 1 is 0.264 bits per heavy atom. The van der Waals surface area contributed by atoms with Gasteiger partial charge < -0.3 is 0 Å². The van der Waals surface area contributed by atoms with E-state index in [2.05, 4.69) is 534 Å². The first-order valence-electron chi connectivity index (χ1n) is 43.3. The number of pyridine rings is 8. The predicted octanol–water partition coefficient (Wildman–Crippen LogP) is 35.0. The molecule has 0 saturated carbocycles. The van der Waals surface area contributed by atoms with Crippen LogP contribution in [0, 0.1) is 11.8 Å². The van der Waals surface area contributed by atoms with E-state index in [0.29, 0.717) is 17.8 Å². The molecule has 8 aromatic heterocycles. The largest absolute Gasteiger partial charge is 0.246 e. The zero-order valence-electron chi connectivity index (χ0n) is 79.5. The third-order valence-electron chi connectivity index (χ3n) is 19.2. The lowest BCUT2D eigenvalue weighted by molar-refractivity contribution is 0.560. The van der Waals surface area contributed by atoms with Crippen molar-refractivity contribution in [3.63, 3.8) is 0 Å². The standard InChI is InChI=1S/C16H18BrN.C15H16BrN.C14H22BrN.C13H20BrN.3C12H18BrN.C11H16BrN/c1-16(2,3)14-10-13(11-15(17)18-14)9-12-7-5-4-6-8-12;1-15(2,3)13-9-12(10-14(16)17-13)11-7-5-4-6-8-11;1-10(2)6-7-11-8-12(14(3,4)5)16-13(15)9-11;1-5-6-7-10-8-11(13(2,3)4)15-12(14)9-10;1-8(2)9-6-10(12(3,4)5)14-11(13)7-9;1-8(2)5-10-6-11(9(3)4)14-12(13)7-10;1-5-6-9-7-10(12(2,3)4)14-11(13)8-9;1-5-8-6-9(11(2,3)4)13-10(12)7-8/h4-8,10-11H,9H2,1-3H3;4-10H,1-3H3;8-10H,6-7H2,1-5H3;8-9H,5-7H2,1-4H3;6-8H,1-5H3;6-9H,5H2,1-4H3;7-8H,5-6H2,1-4H3;6-7H,5H2,1-4H3. The summed E-state index contributed by atoms with van der Waals surface area (Å²) in [6, 6.07) is 55.4. The van der Waals surface area contributed by atoms with Crippen LogP contribution in [-0.2, 0) is 76.4 Å². The van der Waals surface area contributed by atoms with E-state index < -0.39 is 0 Å². The van der Waals surface area contributed by atoms with Gasteiger partial charge in [-0.15, -0.1) is 0 Å². The van der Waals surface area contributed by atoms with E-state index >= 15 is 0 Å². The molecule has 0 N–H and O–H groups in total. The van der Waals surface area contributed by atoms with Crippen LogP contribution in [0.2, 0.25) is 0 Å². The third-order valence-corrected chi connectivity index (χ3v) is 22.4. The molecule has 0 radical (unpaired) electrons. The molecular weight excluding hydrogens is 2010 g/mol. The Balaban J connectivity index is 0.000000358. The van der Waals surface area contributed by atoms with Crippen molar-refractivity contribution in [1.29, 1.82) is 0 Å². The molecule has 10 rings (SSSR count). The number of aryl methyl sites for hydroxylation is 4. The summed E-state index contributed by atoms with van der Waals surface area (Å²) in [7, 11) is 0. The Morgan fingerprint density at radius 2 is 0.587 bits per heavy atom. The van der Waals surface area contributed by atoms with E-state index in [0.717, 1.165) is 110 Å². The van der Waals surface area contributed by atoms with Crippen LogP contribution in [0.25, 0.3) is 11.1 Å². The maximum absolute atomic E-state index is 4.56. The molecule has 0 aliphatic heterocycles. The van der Waals surface area contributed by atoms with Crippen molar-refractivity contribution in [3.8, 4) is 11.1 Å². The second-order valence-corrected chi connectivity index (χ2v) is 46.6. The second-order valence-electron chi connectivity index (χ2n) is 40.1. The van der Waals surface area contributed by atoms with Gasteiger partial charge in [0.1, 0.15) is 36.8 Å². The number of hydrogen-bond acceptors (Lipinski definition) is 8. The Bertz CT molecular complexity index is 4740. The number of unbranched alkanes of at least 4 members (excludes halogenated alkanes) is 1. The van der Waals surface area contributed by atoms with Gasteiger partial charge in [-0.2, -0.15) is 0 Å². The lowest BCUT2D eigenvalue weighted by Gasteiger charge is -2.19. The third kappa shape index (κ3) is 44.2. The Labute approximate surface area is 802 Å². The molecule has 662 valence electrons. The molecule has 0 saturated heterocycles. The van der Waals surface area contributed by atoms with Crippen LogP contribution < -0.4 is 0 Å². The first-order valence-corrected chi connectivity index (χ1v) is 49.6. The van der Waals surface area contributed by atoms with E-state index in [4.69, 9.17) is 0 Å². The molecule has 0 bridgehead atoms. The molecule has 0 spiro atoms. The molecule has 0 amide bonds. The summed E-state index contributed by atoms with van der Waals surface area (Å²) in [6.07, 6.45) is 11.5. The Kier molecular flexibility index (Phi) is 47.1. The lowest BCUT2D eigenvalue weighted by atomic mass is 9.89. The molecule has 0 aliphatic rings. The van der Waals surface area contributed by atoms with Crippen molar-refractivity contribution in [2.24, 2.45) is 11.8 Å². The molecule has 0 fully saturated rings. The summed E-state index contributed by atoms with van der Waals surface area (Å²) >= 11 is 27.8. The van der Waals surface area contributed by atoms with Crippen molar-refractivity contribution >= 4 is 127 Å². The quantitative estimate of drug-likeness (QED) is 0.0882. The van der Waals surface area contributed by atoms with Crippen LogP contribution in [-0.4, -0.2) is 39.9 Å². The molecule has 0 unspecified atom stereocenters. The molecule has 8 heterocycles. The van der Waals surface area contributed by atoms with Crippen LogP contribution in [0.15, 0.2) is 195 Å². The highest BCUT2D eigenvalue weighted by molar-refractivity contribution is 9.11. The van der Waals surface area contributed by atoms with Gasteiger partial charge in [-0.3, -0.25) is 0 Å². The van der Waals surface area contributed by atoms with Crippen LogP contribution in [0.1, 0.15) is 349 Å². The SMILES string of the molecule is CC(C)(C)c1cc(-c2ccccc2)cc(Br)n1.CC(C)(C)c1cc(Cc2ccccc2)cc(Br)n1.CC(C)CCc1cc(Br)nc(C(C)(C)C)c1.CC(C)Cc1cc(Br)nc(C(C)C)c1.CC(C)c1cc(Br)nc(C(C)(C)C)c1.CCCCc1cc(Br)nc(C(C)(C)C)c1.CCCc1cc(Br)nc(C(C)(C)C)c1.CCc1cc(Br)nc(C(C)(C)C)c1. The number of benzene rings is 2. The normalized spacial score (nSPS) is 11.8. The molecule has 16 heteroatoms. The minimum atomic E-state index is 0.0628. The Hall–Kier alpha value is -4.52. The number of rotatable bonds is 16. The molecule has 121 heavy (non-hydrogen) atoms. The maximum Gasteiger partial charge on any atom is 0.107 e. The monoisotopic (exact) mass is 2150 g/mol. The summed E-state index contributed by atoms with van der Waals surface area (Å²) in [4.78, 5) is 36.1. The highest BCUT2D eigenvalue weighted by Gasteiger charge is 2.24. The summed E-state index contributed by atoms with van der Waals surface area (Å²) in [6.45, 7) is 70.3. The van der Waals surface area contributed by atoms with Gasteiger partial charge in [-0.1, -0.05) is 295 Å². The lowest BCUT2D eigenvalue weighted by Crippen LogP contribution is -2.14.